The molecule has 0 unspecified atom stereocenters. The van der Waals surface area contributed by atoms with Crippen molar-refractivity contribution in [2.45, 2.75) is 18.9 Å². The summed E-state index contributed by atoms with van der Waals surface area (Å²) in [6, 6.07) is 14.4. The predicted molar refractivity (Wildman–Crippen MR) is 89.0 cm³/mol. The molecule has 2 aromatic carbocycles. The van der Waals surface area contributed by atoms with Gasteiger partial charge in [0, 0.05) is 21.6 Å². The molecule has 0 spiro atoms. The van der Waals surface area contributed by atoms with Gasteiger partial charge in [-0.05, 0) is 65.2 Å². The summed E-state index contributed by atoms with van der Waals surface area (Å²) >= 11 is 3.39. The number of nitrogens with one attached hydrogen (secondary N) is 2. The molecule has 2 amide bonds. The Kier molecular flexibility index (Phi) is 4.24. The van der Waals surface area contributed by atoms with E-state index < -0.39 is 0 Å². The smallest absolute Gasteiger partial charge is 0.255 e. The Morgan fingerprint density at radius 3 is 2.09 bits per heavy atom. The molecule has 0 heterocycles. The normalized spacial score (nSPS) is 13.5. The van der Waals surface area contributed by atoms with Gasteiger partial charge in [-0.2, -0.15) is 0 Å². The summed E-state index contributed by atoms with van der Waals surface area (Å²) < 4.78 is 0.823. The van der Waals surface area contributed by atoms with Crippen LogP contribution in [0.5, 0.6) is 0 Å². The molecular weight excluding hydrogens is 344 g/mol. The van der Waals surface area contributed by atoms with Crippen LogP contribution in [0.25, 0.3) is 0 Å². The number of benzene rings is 2. The number of rotatable bonds is 4. The zero-order valence-electron chi connectivity index (χ0n) is 11.8. The van der Waals surface area contributed by atoms with Crippen molar-refractivity contribution in [2.24, 2.45) is 0 Å². The van der Waals surface area contributed by atoms with Crippen molar-refractivity contribution in [1.29, 1.82) is 0 Å². The van der Waals surface area contributed by atoms with E-state index in [2.05, 4.69) is 26.6 Å². The maximum atomic E-state index is 12.2. The SMILES string of the molecule is O=C(Nc1ccccc1Br)c1ccc(C(=O)NC2CC2)cc1. The third kappa shape index (κ3) is 3.54. The highest BCUT2D eigenvalue weighted by atomic mass is 79.9. The fourth-order valence-electron chi connectivity index (χ4n) is 2.03. The number of para-hydroxylation sites is 1. The van der Waals surface area contributed by atoms with E-state index in [1.165, 1.54) is 0 Å². The number of carbonyl (C=O) groups is 2. The van der Waals surface area contributed by atoms with Gasteiger partial charge in [-0.3, -0.25) is 9.59 Å². The molecule has 1 saturated carbocycles. The van der Waals surface area contributed by atoms with Crippen LogP contribution in [-0.2, 0) is 0 Å². The van der Waals surface area contributed by atoms with Crippen molar-refractivity contribution in [1.82, 2.24) is 5.32 Å². The van der Waals surface area contributed by atoms with E-state index in [4.69, 9.17) is 0 Å². The molecule has 22 heavy (non-hydrogen) atoms. The predicted octanol–water partition coefficient (Wildman–Crippen LogP) is 3.59. The van der Waals surface area contributed by atoms with Crippen molar-refractivity contribution in [3.63, 3.8) is 0 Å². The first-order valence-corrected chi connectivity index (χ1v) is 7.89. The summed E-state index contributed by atoms with van der Waals surface area (Å²) in [6.07, 6.45) is 2.11. The van der Waals surface area contributed by atoms with Gasteiger partial charge in [0.15, 0.2) is 0 Å². The molecule has 2 aromatic rings. The first-order chi connectivity index (χ1) is 10.6. The second-order valence-corrected chi connectivity index (χ2v) is 6.11. The first kappa shape index (κ1) is 14.8. The van der Waals surface area contributed by atoms with E-state index in [-0.39, 0.29) is 11.8 Å². The minimum absolute atomic E-state index is 0.0831. The molecule has 0 saturated heterocycles. The summed E-state index contributed by atoms with van der Waals surface area (Å²) in [7, 11) is 0. The zero-order valence-corrected chi connectivity index (χ0v) is 13.4. The van der Waals surface area contributed by atoms with Gasteiger partial charge in [0.1, 0.15) is 0 Å². The van der Waals surface area contributed by atoms with Crippen LogP contribution < -0.4 is 10.6 Å². The molecule has 112 valence electrons. The molecule has 0 atom stereocenters. The second-order valence-electron chi connectivity index (χ2n) is 5.26. The highest BCUT2D eigenvalue weighted by Crippen LogP contribution is 2.22. The molecule has 1 fully saturated rings. The molecule has 1 aliphatic carbocycles. The van der Waals surface area contributed by atoms with E-state index in [1.54, 1.807) is 24.3 Å². The maximum Gasteiger partial charge on any atom is 0.255 e. The minimum Gasteiger partial charge on any atom is -0.349 e. The number of hydrogen-bond donors (Lipinski definition) is 2. The quantitative estimate of drug-likeness (QED) is 0.877. The lowest BCUT2D eigenvalue weighted by molar-refractivity contribution is 0.0949. The highest BCUT2D eigenvalue weighted by Gasteiger charge is 2.23. The molecular formula is C17H15BrN2O2. The largest absolute Gasteiger partial charge is 0.349 e. The van der Waals surface area contributed by atoms with Crippen LogP contribution >= 0.6 is 15.9 Å². The van der Waals surface area contributed by atoms with E-state index in [0.717, 1.165) is 17.3 Å². The Bertz CT molecular complexity index is 709. The number of carbonyl (C=O) groups excluding carboxylic acids is 2. The second kappa shape index (κ2) is 6.32. The van der Waals surface area contributed by atoms with E-state index >= 15 is 0 Å². The molecule has 0 aromatic heterocycles. The topological polar surface area (TPSA) is 58.2 Å². The highest BCUT2D eigenvalue weighted by molar-refractivity contribution is 9.10. The molecule has 4 nitrogen and oxygen atoms in total. The van der Waals surface area contributed by atoms with Gasteiger partial charge in [0.2, 0.25) is 0 Å². The maximum absolute atomic E-state index is 12.2. The summed E-state index contributed by atoms with van der Waals surface area (Å²) in [6.45, 7) is 0. The van der Waals surface area contributed by atoms with Crippen molar-refractivity contribution in [2.75, 3.05) is 5.32 Å². The van der Waals surface area contributed by atoms with Crippen molar-refractivity contribution >= 4 is 33.4 Å². The lowest BCUT2D eigenvalue weighted by Gasteiger charge is -2.08. The van der Waals surface area contributed by atoms with E-state index in [0.29, 0.717) is 22.9 Å². The fraction of sp³-hybridized carbons (Fsp3) is 0.176. The fourth-order valence-corrected chi connectivity index (χ4v) is 2.41. The molecule has 0 aliphatic heterocycles. The Balaban J connectivity index is 1.68. The molecule has 0 bridgehead atoms. The number of amides is 2. The summed E-state index contributed by atoms with van der Waals surface area (Å²) in [5, 5.41) is 5.75. The van der Waals surface area contributed by atoms with Gasteiger partial charge >= 0.3 is 0 Å². The standard InChI is InChI=1S/C17H15BrN2O2/c18-14-3-1-2-4-15(14)20-17(22)12-7-5-11(6-8-12)16(21)19-13-9-10-13/h1-8,13H,9-10H2,(H,19,21)(H,20,22). The van der Waals surface area contributed by atoms with Crippen LogP contribution in [0.1, 0.15) is 33.6 Å². The Morgan fingerprint density at radius 1 is 0.909 bits per heavy atom. The molecule has 5 heteroatoms. The Labute approximate surface area is 137 Å². The van der Waals surface area contributed by atoms with Crippen LogP contribution in [0.15, 0.2) is 53.0 Å². The summed E-state index contributed by atoms with van der Waals surface area (Å²) in [5.74, 6) is -0.290. The molecule has 2 N–H and O–H groups in total. The lowest BCUT2D eigenvalue weighted by atomic mass is 10.1. The van der Waals surface area contributed by atoms with E-state index in [9.17, 15) is 9.59 Å². The third-order valence-electron chi connectivity index (χ3n) is 3.44. The van der Waals surface area contributed by atoms with Crippen LogP contribution in [0, 0.1) is 0 Å². The van der Waals surface area contributed by atoms with Gasteiger partial charge in [0.25, 0.3) is 11.8 Å². The van der Waals surface area contributed by atoms with Gasteiger partial charge in [-0.1, -0.05) is 12.1 Å². The number of anilines is 1. The average Bonchev–Trinajstić information content (AvgIpc) is 3.33. The van der Waals surface area contributed by atoms with Gasteiger partial charge in [-0.15, -0.1) is 0 Å². The van der Waals surface area contributed by atoms with E-state index in [1.807, 2.05) is 24.3 Å². The summed E-state index contributed by atoms with van der Waals surface area (Å²) in [5.41, 5.74) is 1.80. The lowest BCUT2D eigenvalue weighted by Crippen LogP contribution is -2.25. The van der Waals surface area contributed by atoms with Gasteiger partial charge < -0.3 is 10.6 Å². The number of hydrogen-bond acceptors (Lipinski definition) is 2. The van der Waals surface area contributed by atoms with Crippen molar-refractivity contribution < 1.29 is 9.59 Å². The number of halogens is 1. The molecule has 1 aliphatic rings. The van der Waals surface area contributed by atoms with Crippen LogP contribution in [0.3, 0.4) is 0 Å². The molecule has 3 rings (SSSR count). The monoisotopic (exact) mass is 358 g/mol. The van der Waals surface area contributed by atoms with Gasteiger partial charge in [-0.25, -0.2) is 0 Å². The van der Waals surface area contributed by atoms with Crippen LogP contribution in [0.2, 0.25) is 0 Å². The third-order valence-corrected chi connectivity index (χ3v) is 4.14. The molecule has 0 radical (unpaired) electrons. The summed E-state index contributed by atoms with van der Waals surface area (Å²) in [4.78, 5) is 24.1. The first-order valence-electron chi connectivity index (χ1n) is 7.10. The average molecular weight is 359 g/mol. The van der Waals surface area contributed by atoms with Crippen molar-refractivity contribution in [3.8, 4) is 0 Å². The van der Waals surface area contributed by atoms with Gasteiger partial charge in [0.05, 0.1) is 5.69 Å². The Hall–Kier alpha value is -2.14. The minimum atomic E-state index is -0.207. The Morgan fingerprint density at radius 2 is 1.50 bits per heavy atom. The van der Waals surface area contributed by atoms with Crippen LogP contribution in [0.4, 0.5) is 5.69 Å². The van der Waals surface area contributed by atoms with Crippen LogP contribution in [-0.4, -0.2) is 17.9 Å². The van der Waals surface area contributed by atoms with Crippen molar-refractivity contribution in [3.05, 3.63) is 64.1 Å². The zero-order chi connectivity index (χ0) is 15.5.